The van der Waals surface area contributed by atoms with Crippen LogP contribution in [0.25, 0.3) is 10.6 Å². The van der Waals surface area contributed by atoms with Crippen molar-refractivity contribution in [2.75, 3.05) is 0 Å². The van der Waals surface area contributed by atoms with Gasteiger partial charge in [-0.25, -0.2) is 4.98 Å². The van der Waals surface area contributed by atoms with Crippen molar-refractivity contribution in [1.29, 1.82) is 0 Å². The molecule has 4 aromatic rings. The summed E-state index contributed by atoms with van der Waals surface area (Å²) in [5.41, 5.74) is 3.37. The van der Waals surface area contributed by atoms with Crippen LogP contribution in [0.4, 0.5) is 0 Å². The molecule has 3 nitrogen and oxygen atoms in total. The highest BCUT2D eigenvalue weighted by molar-refractivity contribution is 7.13. The molecule has 2 aromatic carbocycles. The molecular formula is C21H18N2OS. The van der Waals surface area contributed by atoms with Crippen molar-refractivity contribution in [2.24, 2.45) is 0 Å². The predicted octanol–water partition coefficient (Wildman–Crippen LogP) is 5.28. The molecule has 1 N–H and O–H groups in total. The number of hydrogen-bond acceptors (Lipinski definition) is 4. The van der Waals surface area contributed by atoms with Crippen LogP contribution in [0.15, 0.2) is 88.9 Å². The lowest BCUT2D eigenvalue weighted by Gasteiger charge is -2.16. The molecule has 0 aliphatic carbocycles. The van der Waals surface area contributed by atoms with E-state index in [4.69, 9.17) is 9.40 Å². The van der Waals surface area contributed by atoms with Crippen molar-refractivity contribution < 1.29 is 4.42 Å². The molecule has 2 heterocycles. The summed E-state index contributed by atoms with van der Waals surface area (Å²) >= 11 is 1.67. The molecule has 0 saturated heterocycles. The molecule has 25 heavy (non-hydrogen) atoms. The Morgan fingerprint density at radius 3 is 2.40 bits per heavy atom. The number of benzene rings is 2. The molecule has 2 aromatic heterocycles. The number of aromatic nitrogens is 1. The molecule has 0 spiro atoms. The van der Waals surface area contributed by atoms with Crippen molar-refractivity contribution in [3.05, 3.63) is 101 Å². The summed E-state index contributed by atoms with van der Waals surface area (Å²) in [7, 11) is 0. The van der Waals surface area contributed by atoms with Crippen molar-refractivity contribution in [3.8, 4) is 10.6 Å². The van der Waals surface area contributed by atoms with E-state index in [0.717, 1.165) is 22.0 Å². The second kappa shape index (κ2) is 7.47. The monoisotopic (exact) mass is 346 g/mol. The normalized spacial score (nSPS) is 12.2. The lowest BCUT2D eigenvalue weighted by atomic mass is 10.0. The SMILES string of the molecule is c1ccc(-c2nc(CN[C@@H](c3ccccc3)c3ccco3)cs2)cc1. The van der Waals surface area contributed by atoms with E-state index in [0.29, 0.717) is 6.54 Å². The fraction of sp³-hybridized carbons (Fsp3) is 0.0952. The number of furan rings is 1. The first-order valence-electron chi connectivity index (χ1n) is 8.22. The first-order chi connectivity index (χ1) is 12.4. The van der Waals surface area contributed by atoms with Crippen molar-refractivity contribution in [3.63, 3.8) is 0 Å². The molecule has 4 rings (SSSR count). The van der Waals surface area contributed by atoms with Crippen molar-refractivity contribution >= 4 is 11.3 Å². The number of nitrogens with zero attached hydrogens (tertiary/aromatic N) is 1. The minimum Gasteiger partial charge on any atom is -0.467 e. The third-order valence-electron chi connectivity index (χ3n) is 4.02. The van der Waals surface area contributed by atoms with Gasteiger partial charge in [0.05, 0.1) is 18.0 Å². The third-order valence-corrected chi connectivity index (χ3v) is 4.96. The van der Waals surface area contributed by atoms with Gasteiger partial charge in [0.2, 0.25) is 0 Å². The molecule has 0 unspecified atom stereocenters. The average molecular weight is 346 g/mol. The summed E-state index contributed by atoms with van der Waals surface area (Å²) in [5, 5.41) is 6.73. The van der Waals surface area contributed by atoms with Crippen LogP contribution in [-0.4, -0.2) is 4.98 Å². The van der Waals surface area contributed by atoms with Gasteiger partial charge in [-0.3, -0.25) is 5.32 Å². The summed E-state index contributed by atoms with van der Waals surface area (Å²) in [6.07, 6.45) is 1.71. The van der Waals surface area contributed by atoms with E-state index in [1.54, 1.807) is 17.6 Å². The van der Waals surface area contributed by atoms with Crippen LogP contribution in [-0.2, 0) is 6.54 Å². The molecule has 0 saturated carbocycles. The maximum Gasteiger partial charge on any atom is 0.125 e. The Kier molecular flexibility index (Phi) is 4.72. The Hall–Kier alpha value is -2.69. The van der Waals surface area contributed by atoms with Crippen LogP contribution >= 0.6 is 11.3 Å². The Balaban J connectivity index is 1.51. The van der Waals surface area contributed by atoms with Gasteiger partial charge in [0.15, 0.2) is 0 Å². The van der Waals surface area contributed by atoms with Gasteiger partial charge in [0, 0.05) is 17.5 Å². The zero-order chi connectivity index (χ0) is 16.9. The smallest absolute Gasteiger partial charge is 0.125 e. The molecule has 0 aliphatic heterocycles. The van der Waals surface area contributed by atoms with Gasteiger partial charge in [0.25, 0.3) is 0 Å². The number of thiazole rings is 1. The molecule has 0 amide bonds. The Morgan fingerprint density at radius 1 is 0.920 bits per heavy atom. The quantitative estimate of drug-likeness (QED) is 0.516. The highest BCUT2D eigenvalue weighted by Crippen LogP contribution is 2.25. The lowest BCUT2D eigenvalue weighted by Crippen LogP contribution is -2.21. The largest absolute Gasteiger partial charge is 0.467 e. The van der Waals surface area contributed by atoms with Crippen molar-refractivity contribution in [2.45, 2.75) is 12.6 Å². The maximum atomic E-state index is 5.63. The highest BCUT2D eigenvalue weighted by Gasteiger charge is 2.16. The molecule has 124 valence electrons. The van der Waals surface area contributed by atoms with Crippen LogP contribution in [0.2, 0.25) is 0 Å². The first kappa shape index (κ1) is 15.8. The van der Waals surface area contributed by atoms with E-state index in [2.05, 4.69) is 35.0 Å². The maximum absolute atomic E-state index is 5.63. The fourth-order valence-corrected chi connectivity index (χ4v) is 3.62. The molecule has 0 bridgehead atoms. The minimum absolute atomic E-state index is 0.0121. The topological polar surface area (TPSA) is 38.1 Å². The summed E-state index contributed by atoms with van der Waals surface area (Å²) in [4.78, 5) is 4.75. The van der Waals surface area contributed by atoms with Gasteiger partial charge in [0.1, 0.15) is 10.8 Å². The number of rotatable bonds is 6. The summed E-state index contributed by atoms with van der Waals surface area (Å²) in [6, 6.07) is 24.5. The number of nitrogens with one attached hydrogen (secondary N) is 1. The molecule has 4 heteroatoms. The summed E-state index contributed by atoms with van der Waals surface area (Å²) in [5.74, 6) is 0.907. The third kappa shape index (κ3) is 3.71. The number of hydrogen-bond donors (Lipinski definition) is 1. The van der Waals surface area contributed by atoms with Gasteiger partial charge >= 0.3 is 0 Å². The zero-order valence-corrected chi connectivity index (χ0v) is 14.4. The van der Waals surface area contributed by atoms with Gasteiger partial charge in [-0.15, -0.1) is 11.3 Å². The van der Waals surface area contributed by atoms with Gasteiger partial charge in [-0.1, -0.05) is 60.7 Å². The highest BCUT2D eigenvalue weighted by atomic mass is 32.1. The van der Waals surface area contributed by atoms with Crippen LogP contribution in [0.1, 0.15) is 23.1 Å². The molecule has 1 atom stereocenters. The van der Waals surface area contributed by atoms with E-state index in [9.17, 15) is 0 Å². The Morgan fingerprint density at radius 2 is 1.68 bits per heavy atom. The standard InChI is InChI=1S/C21H18N2OS/c1-3-8-16(9-4-1)20(19-12-7-13-24-19)22-14-18-15-25-21(23-18)17-10-5-2-6-11-17/h1-13,15,20,22H,14H2/t20-/m0/s1. The van der Waals surface area contributed by atoms with Gasteiger partial charge < -0.3 is 4.42 Å². The molecule has 0 aliphatic rings. The zero-order valence-electron chi connectivity index (χ0n) is 13.6. The molecule has 0 radical (unpaired) electrons. The predicted molar refractivity (Wildman–Crippen MR) is 101 cm³/mol. The van der Waals surface area contributed by atoms with Crippen LogP contribution in [0.3, 0.4) is 0 Å². The first-order valence-corrected chi connectivity index (χ1v) is 9.10. The molecule has 0 fully saturated rings. The minimum atomic E-state index is 0.0121. The van der Waals surface area contributed by atoms with Crippen LogP contribution in [0, 0.1) is 0 Å². The fourth-order valence-electron chi connectivity index (χ4n) is 2.79. The lowest BCUT2D eigenvalue weighted by molar-refractivity contribution is 0.444. The van der Waals surface area contributed by atoms with Crippen molar-refractivity contribution in [1.82, 2.24) is 10.3 Å². The Bertz CT molecular complexity index is 902. The second-order valence-electron chi connectivity index (χ2n) is 5.75. The van der Waals surface area contributed by atoms with E-state index < -0.39 is 0 Å². The second-order valence-corrected chi connectivity index (χ2v) is 6.61. The Labute approximate surface area is 151 Å². The van der Waals surface area contributed by atoms with Gasteiger partial charge in [-0.05, 0) is 17.7 Å². The van der Waals surface area contributed by atoms with E-state index in [1.165, 1.54) is 5.56 Å². The van der Waals surface area contributed by atoms with E-state index in [1.807, 2.05) is 48.5 Å². The molecular weight excluding hydrogens is 328 g/mol. The van der Waals surface area contributed by atoms with Crippen LogP contribution < -0.4 is 5.32 Å². The summed E-state index contributed by atoms with van der Waals surface area (Å²) < 4.78 is 5.63. The average Bonchev–Trinajstić information content (AvgIpc) is 3.36. The summed E-state index contributed by atoms with van der Waals surface area (Å²) in [6.45, 7) is 0.684. The van der Waals surface area contributed by atoms with E-state index >= 15 is 0 Å². The van der Waals surface area contributed by atoms with Gasteiger partial charge in [-0.2, -0.15) is 0 Å². The van der Waals surface area contributed by atoms with E-state index in [-0.39, 0.29) is 6.04 Å². The van der Waals surface area contributed by atoms with Crippen LogP contribution in [0.5, 0.6) is 0 Å².